The van der Waals surface area contributed by atoms with Crippen molar-refractivity contribution in [2.24, 2.45) is 0 Å². The van der Waals surface area contributed by atoms with Crippen molar-refractivity contribution in [3.63, 3.8) is 0 Å². The minimum Gasteiger partial charge on any atom is -0.311 e. The van der Waals surface area contributed by atoms with Gasteiger partial charge < -0.3 is 9.80 Å². The Morgan fingerprint density at radius 2 is 0.895 bits per heavy atom. The Labute approximate surface area is 357 Å². The molecule has 11 rings (SSSR count). The summed E-state index contributed by atoms with van der Waals surface area (Å²) in [6, 6.07) is 27.0. The average molecular weight is 746 g/mol. The van der Waals surface area contributed by atoms with Crippen molar-refractivity contribution in [3.05, 3.63) is 199 Å². The maximum Gasteiger partial charge on any atom is 0.252 e. The van der Waals surface area contributed by atoms with Crippen molar-refractivity contribution >= 4 is 57.2 Å². The third kappa shape index (κ3) is 5.89. The van der Waals surface area contributed by atoms with Crippen LogP contribution in [0.2, 0.25) is 0 Å². The van der Waals surface area contributed by atoms with Gasteiger partial charge >= 0.3 is 0 Å². The number of fused-ring (bicyclic) bond motifs is 4. The molecule has 57 heavy (non-hydrogen) atoms. The molecule has 8 aromatic rings. The molecule has 0 N–H and O–H groups in total. The summed E-state index contributed by atoms with van der Waals surface area (Å²) in [4.78, 5) is 4.36. The Bertz CT molecular complexity index is 3490. The summed E-state index contributed by atoms with van der Waals surface area (Å²) in [5.74, 6) is 0.241. The van der Waals surface area contributed by atoms with Crippen LogP contribution in [0.3, 0.4) is 0 Å². The van der Waals surface area contributed by atoms with Gasteiger partial charge in [-0.15, -0.1) is 0 Å². The van der Waals surface area contributed by atoms with Crippen LogP contribution in [-0.4, -0.2) is 6.71 Å². The molecule has 3 heteroatoms. The summed E-state index contributed by atoms with van der Waals surface area (Å²) in [5, 5.41) is 0. The first-order chi connectivity index (χ1) is 34.5. The number of para-hydroxylation sites is 1. The highest BCUT2D eigenvalue weighted by molar-refractivity contribution is 7.00. The van der Waals surface area contributed by atoms with Crippen LogP contribution in [0.4, 0.5) is 34.1 Å². The van der Waals surface area contributed by atoms with Gasteiger partial charge in [0.15, 0.2) is 0 Å². The zero-order valence-electron chi connectivity index (χ0n) is 45.9. The van der Waals surface area contributed by atoms with Crippen LogP contribution in [0.15, 0.2) is 194 Å². The molecule has 2 heterocycles. The van der Waals surface area contributed by atoms with E-state index >= 15 is 0 Å². The molecule has 3 aliphatic rings. The Morgan fingerprint density at radius 1 is 0.421 bits per heavy atom. The predicted octanol–water partition coefficient (Wildman–Crippen LogP) is 12.8. The van der Waals surface area contributed by atoms with Crippen molar-refractivity contribution in [3.8, 4) is 33.4 Å². The minimum absolute atomic E-state index is 0.0712. The van der Waals surface area contributed by atoms with Gasteiger partial charge in [-0.2, -0.15) is 0 Å². The molecular weight excluding hydrogens is 687 g/mol. The molecule has 0 aromatic heterocycles. The molecule has 0 bridgehead atoms. The third-order valence-electron chi connectivity index (χ3n) is 11.7. The van der Waals surface area contributed by atoms with E-state index in [-0.39, 0.29) is 58.9 Å². The van der Waals surface area contributed by atoms with Crippen LogP contribution < -0.4 is 26.2 Å². The summed E-state index contributed by atoms with van der Waals surface area (Å²) >= 11 is 0. The number of anilines is 6. The van der Waals surface area contributed by atoms with Crippen molar-refractivity contribution < 1.29 is 20.6 Å². The first-order valence-electron chi connectivity index (χ1n) is 26.9. The quantitative estimate of drug-likeness (QED) is 0.156. The van der Waals surface area contributed by atoms with E-state index in [1.807, 2.05) is 48.5 Å². The second-order valence-corrected chi connectivity index (χ2v) is 14.8. The Morgan fingerprint density at radius 3 is 1.44 bits per heavy atom. The van der Waals surface area contributed by atoms with E-state index in [1.54, 1.807) is 30.3 Å². The van der Waals surface area contributed by atoms with Gasteiger partial charge in [0.2, 0.25) is 0 Å². The number of rotatable bonds is 6. The fourth-order valence-electron chi connectivity index (χ4n) is 9.09. The molecule has 0 amide bonds. The van der Waals surface area contributed by atoms with Gasteiger partial charge in [0.1, 0.15) is 0 Å². The summed E-state index contributed by atoms with van der Waals surface area (Å²) in [5.41, 5.74) is 10.3. The highest BCUT2D eigenvalue weighted by Gasteiger charge is 2.44. The van der Waals surface area contributed by atoms with E-state index in [4.69, 9.17) is 20.6 Å². The molecule has 1 aliphatic carbocycles. The van der Waals surface area contributed by atoms with Crippen LogP contribution in [0.5, 0.6) is 0 Å². The molecular formula is C54H43BN2. The predicted molar refractivity (Wildman–Crippen MR) is 243 cm³/mol. The fraction of sp³-hybridized carbons (Fsp3) is 0.111. The van der Waals surface area contributed by atoms with Crippen molar-refractivity contribution in [2.75, 3.05) is 9.80 Å². The zero-order chi connectivity index (χ0) is 50.8. The Balaban J connectivity index is 1.18. The lowest BCUT2D eigenvalue weighted by atomic mass is 9.33. The molecule has 272 valence electrons. The summed E-state index contributed by atoms with van der Waals surface area (Å²) < 4.78 is 128. The number of nitrogens with zero attached hydrogens (tertiary/aromatic N) is 2. The standard InChI is InChI=1S/C54H43BN2/c1-5-15-38(16-6-1)42-25-30-46(31-26-42)56-50-24-14-13-23-48(50)55-49-35-44(40-19-9-3-10-20-40)29-34-51(49)57(47-32-27-43(28-33-47)39-17-7-2-8-18-39)53-37-45(36-52(56)54(53)55)41-21-11-4-12-22-41/h1-3,5-10,13-20,23-37,41H,4,11-12,21-22H2/i1D,2D,3D,5D,6D,7D,8D,9D,10D,15D,16D,17D,18D,19D,20D. The van der Waals surface area contributed by atoms with Gasteiger partial charge in [0.25, 0.3) is 6.71 Å². The van der Waals surface area contributed by atoms with E-state index in [2.05, 4.69) is 34.1 Å². The first kappa shape index (κ1) is 21.7. The summed E-state index contributed by atoms with van der Waals surface area (Å²) in [6.45, 7) is -0.436. The molecule has 0 atom stereocenters. The zero-order valence-corrected chi connectivity index (χ0v) is 30.9. The van der Waals surface area contributed by atoms with Gasteiger partial charge in [-0.1, -0.05) is 164 Å². The van der Waals surface area contributed by atoms with Crippen LogP contribution in [0.25, 0.3) is 33.4 Å². The molecule has 8 aromatic carbocycles. The summed E-state index contributed by atoms with van der Waals surface area (Å²) in [6.07, 6.45) is 5.30. The molecule has 1 saturated carbocycles. The summed E-state index contributed by atoms with van der Waals surface area (Å²) in [7, 11) is 0. The lowest BCUT2D eigenvalue weighted by Crippen LogP contribution is -2.61. The van der Waals surface area contributed by atoms with E-state index in [0.29, 0.717) is 22.4 Å². The second kappa shape index (κ2) is 14.2. The molecule has 1 fully saturated rings. The van der Waals surface area contributed by atoms with Crippen LogP contribution >= 0.6 is 0 Å². The van der Waals surface area contributed by atoms with Gasteiger partial charge in [-0.05, 0) is 123 Å². The van der Waals surface area contributed by atoms with Crippen molar-refractivity contribution in [2.45, 2.75) is 38.0 Å². The SMILES string of the molecule is [2H]c1c([2H])c([2H])c(-c2ccc(N3c4ccccc4B4c5cc(-c6c([2H])c([2H])c([2H])c([2H])c6[2H])ccc5N(c5ccc(-c6c([2H])c([2H])c([2H])c([2H])c6[2H])cc5)c5cc(C6CCCCC6)cc3c54)cc2)c([2H])c1[2H]. The maximum atomic E-state index is 8.99. The maximum absolute atomic E-state index is 8.99. The monoisotopic (exact) mass is 745 g/mol. The topological polar surface area (TPSA) is 6.48 Å². The van der Waals surface area contributed by atoms with Gasteiger partial charge in [-0.3, -0.25) is 0 Å². The van der Waals surface area contributed by atoms with Crippen LogP contribution in [0.1, 0.15) is 64.1 Å². The fourth-order valence-corrected chi connectivity index (χ4v) is 9.09. The largest absolute Gasteiger partial charge is 0.311 e. The van der Waals surface area contributed by atoms with E-state index in [1.165, 1.54) is 0 Å². The van der Waals surface area contributed by atoms with E-state index in [9.17, 15) is 0 Å². The number of hydrogen-bond donors (Lipinski definition) is 0. The molecule has 2 aliphatic heterocycles. The van der Waals surface area contributed by atoms with Gasteiger partial charge in [-0.25, -0.2) is 0 Å². The van der Waals surface area contributed by atoms with Crippen molar-refractivity contribution in [1.82, 2.24) is 0 Å². The molecule has 0 saturated heterocycles. The van der Waals surface area contributed by atoms with Gasteiger partial charge in [0, 0.05) is 34.1 Å². The van der Waals surface area contributed by atoms with E-state index in [0.717, 1.165) is 82.5 Å². The van der Waals surface area contributed by atoms with Crippen LogP contribution in [0, 0.1) is 0 Å². The highest BCUT2D eigenvalue weighted by atomic mass is 15.2. The Hall–Kier alpha value is -6.58. The van der Waals surface area contributed by atoms with Gasteiger partial charge in [0.05, 0.1) is 20.6 Å². The number of hydrogen-bond acceptors (Lipinski definition) is 2. The second-order valence-electron chi connectivity index (χ2n) is 14.8. The van der Waals surface area contributed by atoms with Crippen molar-refractivity contribution in [1.29, 1.82) is 0 Å². The lowest BCUT2D eigenvalue weighted by Gasteiger charge is -2.45. The molecule has 0 radical (unpaired) electrons. The molecule has 0 spiro atoms. The first-order valence-corrected chi connectivity index (χ1v) is 19.4. The normalized spacial score (nSPS) is 18.2. The third-order valence-corrected chi connectivity index (χ3v) is 11.7. The smallest absolute Gasteiger partial charge is 0.252 e. The molecule has 0 unspecified atom stereocenters. The highest BCUT2D eigenvalue weighted by Crippen LogP contribution is 2.47. The van der Waals surface area contributed by atoms with Crippen LogP contribution in [-0.2, 0) is 0 Å². The molecule has 2 nitrogen and oxygen atoms in total. The Kier molecular flexibility index (Phi) is 5.38. The number of benzene rings is 8. The van der Waals surface area contributed by atoms with E-state index < -0.39 is 61.1 Å². The lowest BCUT2D eigenvalue weighted by molar-refractivity contribution is 0.444. The average Bonchev–Trinajstić information content (AvgIpc) is 3.40. The minimum atomic E-state index is -0.486.